The quantitative estimate of drug-likeness (QED) is 0.608. The number of fused-ring (bicyclic) bond motifs is 1. The molecule has 2 amide bonds. The lowest BCUT2D eigenvalue weighted by atomic mass is 10.1. The smallest absolute Gasteiger partial charge is 0.265 e. The van der Waals surface area contributed by atoms with Crippen LogP contribution in [0.1, 0.15) is 15.9 Å². The highest BCUT2D eigenvalue weighted by atomic mass is 35.5. The summed E-state index contributed by atoms with van der Waals surface area (Å²) in [5.74, 6) is 0.873. The maximum atomic E-state index is 12.6. The molecule has 6 nitrogen and oxygen atoms in total. The van der Waals surface area contributed by atoms with Gasteiger partial charge in [-0.15, -0.1) is 0 Å². The number of carbonyl (C=O) groups excluding carboxylic acids is 2. The molecule has 1 aliphatic rings. The van der Waals surface area contributed by atoms with E-state index in [1.807, 2.05) is 25.1 Å². The van der Waals surface area contributed by atoms with Crippen molar-refractivity contribution in [1.29, 1.82) is 0 Å². The lowest BCUT2D eigenvalue weighted by molar-refractivity contribution is -0.121. The Kier molecular flexibility index (Phi) is 6.09. The van der Waals surface area contributed by atoms with E-state index in [0.29, 0.717) is 46.6 Å². The molecule has 0 bridgehead atoms. The normalized spacial score (nSPS) is 12.7. The molecule has 4 rings (SSSR count). The number of hydrogen-bond donors (Lipinski definition) is 1. The van der Waals surface area contributed by atoms with Crippen LogP contribution in [0.25, 0.3) is 0 Å². The third-order valence-electron chi connectivity index (χ3n) is 4.95. The zero-order valence-electron chi connectivity index (χ0n) is 16.9. The number of anilines is 2. The highest BCUT2D eigenvalue weighted by molar-refractivity contribution is 6.30. The van der Waals surface area contributed by atoms with Crippen LogP contribution in [0.2, 0.25) is 5.02 Å². The highest BCUT2D eigenvalue weighted by Gasteiger charge is 2.26. The monoisotopic (exact) mass is 436 g/mol. The number of ether oxygens (including phenoxy) is 2. The number of amides is 2. The molecule has 7 heteroatoms. The summed E-state index contributed by atoms with van der Waals surface area (Å²) in [6.45, 7) is 2.49. The van der Waals surface area contributed by atoms with Gasteiger partial charge in [-0.1, -0.05) is 29.8 Å². The summed E-state index contributed by atoms with van der Waals surface area (Å²) in [7, 11) is 0. The van der Waals surface area contributed by atoms with Crippen molar-refractivity contribution < 1.29 is 19.1 Å². The first-order valence-corrected chi connectivity index (χ1v) is 10.2. The summed E-state index contributed by atoms with van der Waals surface area (Å²) >= 11 is 5.89. The lowest BCUT2D eigenvalue weighted by Crippen LogP contribution is -2.41. The summed E-state index contributed by atoms with van der Waals surface area (Å²) in [4.78, 5) is 26.7. The average molecular weight is 437 g/mol. The van der Waals surface area contributed by atoms with Crippen LogP contribution >= 0.6 is 11.6 Å². The molecule has 0 aliphatic carbocycles. The van der Waals surface area contributed by atoms with Crippen LogP contribution in [0.5, 0.6) is 11.5 Å². The first kappa shape index (κ1) is 20.8. The van der Waals surface area contributed by atoms with Crippen molar-refractivity contribution in [1.82, 2.24) is 0 Å². The molecule has 3 aromatic carbocycles. The Bertz CT molecular complexity index is 1110. The van der Waals surface area contributed by atoms with Gasteiger partial charge in [0.15, 0.2) is 6.61 Å². The molecule has 0 saturated carbocycles. The van der Waals surface area contributed by atoms with E-state index >= 15 is 0 Å². The van der Waals surface area contributed by atoms with Gasteiger partial charge in [0.1, 0.15) is 18.1 Å². The second kappa shape index (κ2) is 9.10. The molecule has 0 spiro atoms. The van der Waals surface area contributed by atoms with Gasteiger partial charge >= 0.3 is 0 Å². The van der Waals surface area contributed by atoms with Crippen LogP contribution in [-0.4, -0.2) is 31.6 Å². The average Bonchev–Trinajstić information content (AvgIpc) is 2.77. The van der Waals surface area contributed by atoms with Crippen molar-refractivity contribution in [2.75, 3.05) is 30.0 Å². The highest BCUT2D eigenvalue weighted by Crippen LogP contribution is 2.34. The molecule has 0 saturated heterocycles. The molecule has 0 radical (unpaired) electrons. The Morgan fingerprint density at radius 2 is 1.90 bits per heavy atom. The molecule has 31 heavy (non-hydrogen) atoms. The Morgan fingerprint density at radius 3 is 2.68 bits per heavy atom. The van der Waals surface area contributed by atoms with Crippen LogP contribution in [-0.2, 0) is 4.79 Å². The van der Waals surface area contributed by atoms with Crippen molar-refractivity contribution in [3.63, 3.8) is 0 Å². The summed E-state index contributed by atoms with van der Waals surface area (Å²) in [6.07, 6.45) is 0. The van der Waals surface area contributed by atoms with Crippen LogP contribution in [0.15, 0.2) is 66.7 Å². The zero-order chi connectivity index (χ0) is 21.8. The van der Waals surface area contributed by atoms with Gasteiger partial charge in [-0.05, 0) is 61.0 Å². The maximum Gasteiger partial charge on any atom is 0.265 e. The van der Waals surface area contributed by atoms with E-state index in [-0.39, 0.29) is 18.4 Å². The predicted molar refractivity (Wildman–Crippen MR) is 120 cm³/mol. The number of carbonyl (C=O) groups is 2. The second-order valence-corrected chi connectivity index (χ2v) is 7.52. The van der Waals surface area contributed by atoms with Gasteiger partial charge in [0.2, 0.25) is 0 Å². The molecule has 1 aliphatic heterocycles. The minimum Gasteiger partial charge on any atom is -0.492 e. The van der Waals surface area contributed by atoms with E-state index in [0.717, 1.165) is 5.56 Å². The van der Waals surface area contributed by atoms with Crippen molar-refractivity contribution in [3.8, 4) is 11.5 Å². The summed E-state index contributed by atoms with van der Waals surface area (Å²) < 4.78 is 11.3. The van der Waals surface area contributed by atoms with Gasteiger partial charge in [-0.25, -0.2) is 0 Å². The maximum absolute atomic E-state index is 12.6. The number of halogens is 1. The Labute approximate surface area is 185 Å². The number of hydrogen-bond acceptors (Lipinski definition) is 4. The molecular formula is C24H21ClN2O4. The molecule has 158 valence electrons. The molecule has 1 N–H and O–H groups in total. The van der Waals surface area contributed by atoms with Crippen molar-refractivity contribution >= 4 is 34.8 Å². The zero-order valence-corrected chi connectivity index (χ0v) is 17.7. The Hall–Kier alpha value is -3.51. The SMILES string of the molecule is Cc1ccccc1C(=O)Nc1ccc2c(c1)N(CCOc1ccc(Cl)cc1)C(=O)CO2. The number of rotatable bonds is 6. The standard InChI is InChI=1S/C24H21ClN2O4/c1-16-4-2-3-5-20(16)24(29)26-18-8-11-22-21(14-18)27(23(28)15-31-22)12-13-30-19-9-6-17(25)7-10-19/h2-11,14H,12-13,15H2,1H3,(H,26,29). The van der Waals surface area contributed by atoms with E-state index in [2.05, 4.69) is 5.32 Å². The summed E-state index contributed by atoms with van der Waals surface area (Å²) in [5, 5.41) is 3.53. The third-order valence-corrected chi connectivity index (χ3v) is 5.20. The van der Waals surface area contributed by atoms with Gasteiger partial charge in [0.25, 0.3) is 11.8 Å². The fraction of sp³-hybridized carbons (Fsp3) is 0.167. The molecular weight excluding hydrogens is 416 g/mol. The second-order valence-electron chi connectivity index (χ2n) is 7.09. The van der Waals surface area contributed by atoms with E-state index in [9.17, 15) is 9.59 Å². The lowest BCUT2D eigenvalue weighted by Gasteiger charge is -2.29. The Balaban J connectivity index is 1.48. The van der Waals surface area contributed by atoms with Crippen LogP contribution in [0, 0.1) is 6.92 Å². The van der Waals surface area contributed by atoms with Gasteiger partial charge in [0.05, 0.1) is 12.2 Å². The molecule has 0 aromatic heterocycles. The Morgan fingerprint density at radius 1 is 1.13 bits per heavy atom. The number of nitrogens with zero attached hydrogens (tertiary/aromatic N) is 1. The first-order valence-electron chi connectivity index (χ1n) is 9.84. The summed E-state index contributed by atoms with van der Waals surface area (Å²) in [5.41, 5.74) is 2.66. The van der Waals surface area contributed by atoms with E-state index in [1.54, 1.807) is 53.4 Å². The van der Waals surface area contributed by atoms with Gasteiger partial charge in [0, 0.05) is 16.3 Å². The van der Waals surface area contributed by atoms with Gasteiger partial charge in [-0.2, -0.15) is 0 Å². The minimum absolute atomic E-state index is 0.0388. The topological polar surface area (TPSA) is 67.9 Å². The summed E-state index contributed by atoms with van der Waals surface area (Å²) in [6, 6.07) is 19.7. The number of benzene rings is 3. The van der Waals surface area contributed by atoms with Crippen LogP contribution < -0.4 is 19.7 Å². The number of nitrogens with one attached hydrogen (secondary N) is 1. The van der Waals surface area contributed by atoms with Crippen molar-refractivity contribution in [2.24, 2.45) is 0 Å². The largest absolute Gasteiger partial charge is 0.492 e. The van der Waals surface area contributed by atoms with Crippen LogP contribution in [0.4, 0.5) is 11.4 Å². The van der Waals surface area contributed by atoms with E-state index in [4.69, 9.17) is 21.1 Å². The molecule has 0 unspecified atom stereocenters. The first-order chi connectivity index (χ1) is 15.0. The van der Waals surface area contributed by atoms with E-state index in [1.165, 1.54) is 0 Å². The van der Waals surface area contributed by atoms with E-state index < -0.39 is 0 Å². The fourth-order valence-electron chi connectivity index (χ4n) is 3.34. The minimum atomic E-state index is -0.210. The molecule has 1 heterocycles. The predicted octanol–water partition coefficient (Wildman–Crippen LogP) is 4.71. The molecule has 0 fully saturated rings. The van der Waals surface area contributed by atoms with Crippen molar-refractivity contribution in [2.45, 2.75) is 6.92 Å². The third kappa shape index (κ3) is 4.81. The van der Waals surface area contributed by atoms with Crippen LogP contribution in [0.3, 0.4) is 0 Å². The fourth-order valence-corrected chi connectivity index (χ4v) is 3.46. The molecule has 3 aromatic rings. The van der Waals surface area contributed by atoms with Gasteiger partial charge < -0.3 is 19.7 Å². The number of aryl methyl sites for hydroxylation is 1. The van der Waals surface area contributed by atoms with Gasteiger partial charge in [-0.3, -0.25) is 9.59 Å². The molecule has 0 atom stereocenters. The van der Waals surface area contributed by atoms with Crippen molar-refractivity contribution in [3.05, 3.63) is 82.9 Å².